The molecule has 152 valence electrons. The molecule has 0 spiro atoms. The van der Waals surface area contributed by atoms with Gasteiger partial charge in [-0.05, 0) is 35.2 Å². The minimum atomic E-state index is -0.310. The first kappa shape index (κ1) is 18.4. The molecule has 2 aliphatic rings. The molecule has 0 unspecified atom stereocenters. The van der Waals surface area contributed by atoms with E-state index in [1.807, 2.05) is 35.7 Å². The van der Waals surface area contributed by atoms with Crippen molar-refractivity contribution >= 4 is 40.9 Å². The van der Waals surface area contributed by atoms with E-state index in [0.717, 1.165) is 16.0 Å². The highest BCUT2D eigenvalue weighted by Crippen LogP contribution is 2.42. The van der Waals surface area contributed by atoms with Gasteiger partial charge in [0.1, 0.15) is 5.82 Å². The van der Waals surface area contributed by atoms with Crippen molar-refractivity contribution in [2.24, 2.45) is 7.05 Å². The standard InChI is InChI=1S/C21H18N4O4S/c1-25-21-19(13(10-18(27)23-21)16-3-2-8-30-16)20(24-25)22-17(26)7-5-12-4-6-14-15(9-12)29-11-28-14/h2-9,13H,10-11H2,1H3,(H,23,27)(H,22,24,26)/b7-5-/t13-/m0/s1. The average Bonchev–Trinajstić information content (AvgIpc) is 3.47. The van der Waals surface area contributed by atoms with Crippen LogP contribution in [-0.2, 0) is 16.6 Å². The minimum absolute atomic E-state index is 0.0653. The van der Waals surface area contributed by atoms with Crippen LogP contribution in [0.25, 0.3) is 6.08 Å². The van der Waals surface area contributed by atoms with Gasteiger partial charge in [0.2, 0.25) is 18.6 Å². The van der Waals surface area contributed by atoms with Crippen LogP contribution in [0.2, 0.25) is 0 Å². The number of rotatable bonds is 4. The van der Waals surface area contributed by atoms with Crippen molar-refractivity contribution in [3.8, 4) is 11.5 Å². The normalized spacial score (nSPS) is 17.1. The number of anilines is 2. The Hall–Kier alpha value is -3.59. The lowest BCUT2D eigenvalue weighted by Gasteiger charge is -2.22. The summed E-state index contributed by atoms with van der Waals surface area (Å²) in [6, 6.07) is 9.42. The van der Waals surface area contributed by atoms with E-state index in [1.165, 1.54) is 6.08 Å². The van der Waals surface area contributed by atoms with E-state index < -0.39 is 0 Å². The van der Waals surface area contributed by atoms with Crippen LogP contribution < -0.4 is 20.1 Å². The molecule has 9 heteroatoms. The monoisotopic (exact) mass is 422 g/mol. The van der Waals surface area contributed by atoms with Gasteiger partial charge in [0.05, 0.1) is 0 Å². The number of carbonyl (C=O) groups excluding carboxylic acids is 2. The number of nitrogens with zero attached hydrogens (tertiary/aromatic N) is 2. The Bertz CT molecular complexity index is 1170. The van der Waals surface area contributed by atoms with Gasteiger partial charge >= 0.3 is 0 Å². The Morgan fingerprint density at radius 3 is 3.03 bits per heavy atom. The molecular weight excluding hydrogens is 404 g/mol. The number of amides is 2. The number of benzene rings is 1. The number of thiophene rings is 1. The highest BCUT2D eigenvalue weighted by Gasteiger charge is 2.33. The zero-order valence-corrected chi connectivity index (χ0v) is 16.9. The summed E-state index contributed by atoms with van der Waals surface area (Å²) in [5.41, 5.74) is 1.64. The van der Waals surface area contributed by atoms with Crippen molar-refractivity contribution in [1.82, 2.24) is 9.78 Å². The average molecular weight is 422 g/mol. The topological polar surface area (TPSA) is 94.5 Å². The number of aromatic nitrogens is 2. The molecule has 0 aliphatic carbocycles. The predicted molar refractivity (Wildman–Crippen MR) is 113 cm³/mol. The molecule has 0 fully saturated rings. The molecule has 0 radical (unpaired) electrons. The second kappa shape index (κ2) is 7.34. The smallest absolute Gasteiger partial charge is 0.249 e. The van der Waals surface area contributed by atoms with Crippen LogP contribution in [0.5, 0.6) is 11.5 Å². The molecule has 30 heavy (non-hydrogen) atoms. The van der Waals surface area contributed by atoms with E-state index in [1.54, 1.807) is 29.1 Å². The molecule has 1 atom stereocenters. The fraction of sp³-hybridized carbons (Fsp3) is 0.190. The van der Waals surface area contributed by atoms with Crippen LogP contribution in [0.3, 0.4) is 0 Å². The van der Waals surface area contributed by atoms with Crippen molar-refractivity contribution < 1.29 is 19.1 Å². The summed E-state index contributed by atoms with van der Waals surface area (Å²) in [7, 11) is 1.74. The summed E-state index contributed by atoms with van der Waals surface area (Å²) in [4.78, 5) is 25.8. The van der Waals surface area contributed by atoms with E-state index in [-0.39, 0.29) is 24.5 Å². The lowest BCUT2D eigenvalue weighted by atomic mass is 9.92. The Morgan fingerprint density at radius 1 is 1.33 bits per heavy atom. The molecule has 0 saturated heterocycles. The summed E-state index contributed by atoms with van der Waals surface area (Å²) in [5, 5.41) is 12.1. The molecule has 8 nitrogen and oxygen atoms in total. The van der Waals surface area contributed by atoms with Crippen molar-refractivity contribution in [3.05, 3.63) is 57.8 Å². The Morgan fingerprint density at radius 2 is 2.20 bits per heavy atom. The molecule has 5 rings (SSSR count). The summed E-state index contributed by atoms with van der Waals surface area (Å²) in [5.74, 6) is 1.89. The van der Waals surface area contributed by atoms with E-state index in [9.17, 15) is 9.59 Å². The summed E-state index contributed by atoms with van der Waals surface area (Å²) < 4.78 is 12.2. The molecule has 0 bridgehead atoms. The van der Waals surface area contributed by atoms with E-state index >= 15 is 0 Å². The quantitative estimate of drug-likeness (QED) is 0.629. The molecule has 4 heterocycles. The number of ether oxygens (including phenoxy) is 2. The van der Waals surface area contributed by atoms with Crippen LogP contribution in [0.15, 0.2) is 41.8 Å². The maximum absolute atomic E-state index is 12.6. The summed E-state index contributed by atoms with van der Waals surface area (Å²) in [6.07, 6.45) is 3.46. The number of carbonyl (C=O) groups is 2. The Balaban J connectivity index is 1.39. The van der Waals surface area contributed by atoms with Gasteiger partial charge in [-0.2, -0.15) is 5.10 Å². The first-order valence-electron chi connectivity index (χ1n) is 9.37. The van der Waals surface area contributed by atoms with Gasteiger partial charge in [-0.1, -0.05) is 12.1 Å². The largest absolute Gasteiger partial charge is 0.454 e. The molecule has 2 aliphatic heterocycles. The number of nitrogens with one attached hydrogen (secondary N) is 2. The zero-order chi connectivity index (χ0) is 20.7. The second-order valence-electron chi connectivity index (χ2n) is 6.99. The number of fused-ring (bicyclic) bond motifs is 2. The maximum Gasteiger partial charge on any atom is 0.249 e. The van der Waals surface area contributed by atoms with Crippen LogP contribution in [-0.4, -0.2) is 28.4 Å². The molecule has 2 N–H and O–H groups in total. The maximum atomic E-state index is 12.6. The van der Waals surface area contributed by atoms with Crippen molar-refractivity contribution in [2.45, 2.75) is 12.3 Å². The predicted octanol–water partition coefficient (Wildman–Crippen LogP) is 3.34. The molecule has 1 aromatic carbocycles. The number of hydrogen-bond donors (Lipinski definition) is 2. The van der Waals surface area contributed by atoms with Crippen molar-refractivity contribution in [2.75, 3.05) is 17.4 Å². The van der Waals surface area contributed by atoms with Gasteiger partial charge in [0.25, 0.3) is 0 Å². The second-order valence-corrected chi connectivity index (χ2v) is 7.97. The van der Waals surface area contributed by atoms with Crippen molar-refractivity contribution in [1.29, 1.82) is 0 Å². The van der Waals surface area contributed by atoms with Gasteiger partial charge in [-0.15, -0.1) is 11.3 Å². The summed E-state index contributed by atoms with van der Waals surface area (Å²) >= 11 is 1.58. The number of hydrogen-bond acceptors (Lipinski definition) is 6. The Labute approximate surface area is 176 Å². The van der Waals surface area contributed by atoms with E-state index in [0.29, 0.717) is 29.6 Å². The van der Waals surface area contributed by atoms with E-state index in [2.05, 4.69) is 15.7 Å². The molecular formula is C21H18N4O4S. The third-order valence-electron chi connectivity index (χ3n) is 5.03. The first-order chi connectivity index (χ1) is 14.6. The minimum Gasteiger partial charge on any atom is -0.454 e. The molecule has 3 aromatic rings. The fourth-order valence-electron chi connectivity index (χ4n) is 3.66. The van der Waals surface area contributed by atoms with Crippen LogP contribution in [0.4, 0.5) is 11.6 Å². The van der Waals surface area contributed by atoms with Gasteiger partial charge in [0.15, 0.2) is 17.3 Å². The summed E-state index contributed by atoms with van der Waals surface area (Å²) in [6.45, 7) is 0.204. The van der Waals surface area contributed by atoms with Gasteiger partial charge in [-0.3, -0.25) is 14.3 Å². The van der Waals surface area contributed by atoms with Crippen molar-refractivity contribution in [3.63, 3.8) is 0 Å². The van der Waals surface area contributed by atoms with E-state index in [4.69, 9.17) is 9.47 Å². The molecule has 0 saturated carbocycles. The van der Waals surface area contributed by atoms with Crippen LogP contribution in [0, 0.1) is 0 Å². The zero-order valence-electron chi connectivity index (χ0n) is 16.0. The highest BCUT2D eigenvalue weighted by molar-refractivity contribution is 7.10. The molecule has 2 amide bonds. The lowest BCUT2D eigenvalue weighted by molar-refractivity contribution is -0.116. The van der Waals surface area contributed by atoms with Crippen LogP contribution >= 0.6 is 11.3 Å². The van der Waals surface area contributed by atoms with Gasteiger partial charge in [-0.25, -0.2) is 0 Å². The Kier molecular flexibility index (Phi) is 4.51. The van der Waals surface area contributed by atoms with Crippen LogP contribution in [0.1, 0.15) is 28.3 Å². The van der Waals surface area contributed by atoms with Gasteiger partial charge in [0, 0.05) is 35.9 Å². The lowest BCUT2D eigenvalue weighted by Crippen LogP contribution is -2.24. The first-order valence-corrected chi connectivity index (χ1v) is 10.3. The third-order valence-corrected chi connectivity index (χ3v) is 6.02. The third kappa shape index (κ3) is 3.33. The highest BCUT2D eigenvalue weighted by atomic mass is 32.1. The SMILES string of the molecule is Cn1nc(NC(=O)/C=C\c2ccc3c(c2)OCO3)c2c1NC(=O)C[C@H]2c1cccs1. The number of aryl methyl sites for hydroxylation is 1. The van der Waals surface area contributed by atoms with Gasteiger partial charge < -0.3 is 20.1 Å². The molecule has 2 aromatic heterocycles. The fourth-order valence-corrected chi connectivity index (χ4v) is 4.50.